The Hall–Kier alpha value is -2.32. The van der Waals surface area contributed by atoms with E-state index in [4.69, 9.17) is 11.6 Å². The van der Waals surface area contributed by atoms with E-state index >= 15 is 0 Å². The van der Waals surface area contributed by atoms with Crippen molar-refractivity contribution >= 4 is 29.3 Å². The highest BCUT2D eigenvalue weighted by Gasteiger charge is 2.21. The van der Waals surface area contributed by atoms with Crippen LogP contribution in [0.25, 0.3) is 22.6 Å². The summed E-state index contributed by atoms with van der Waals surface area (Å²) in [5, 5.41) is 18.0. The molecule has 2 heterocycles. The van der Waals surface area contributed by atoms with E-state index in [1.165, 1.54) is 24.6 Å². The maximum absolute atomic E-state index is 12.3. The number of carbonyl (C=O) groups excluding carboxylic acids is 1. The van der Waals surface area contributed by atoms with Crippen LogP contribution in [-0.4, -0.2) is 42.2 Å². The molecule has 30 heavy (non-hydrogen) atoms. The summed E-state index contributed by atoms with van der Waals surface area (Å²) in [5.74, 6) is 1.14. The van der Waals surface area contributed by atoms with Gasteiger partial charge in [-0.3, -0.25) is 9.48 Å². The van der Waals surface area contributed by atoms with Crippen molar-refractivity contribution in [3.05, 3.63) is 35.5 Å². The van der Waals surface area contributed by atoms with Crippen LogP contribution in [0.15, 0.2) is 35.6 Å². The van der Waals surface area contributed by atoms with Crippen molar-refractivity contribution in [3.8, 4) is 22.6 Å². The molecule has 0 unspecified atom stereocenters. The topological polar surface area (TPSA) is 77.6 Å². The number of benzene rings is 1. The van der Waals surface area contributed by atoms with E-state index in [0.717, 1.165) is 40.6 Å². The normalized spacial score (nSPS) is 14.4. The molecule has 9 heteroatoms. The Balaban J connectivity index is 1.55. The summed E-state index contributed by atoms with van der Waals surface area (Å²) >= 11 is 7.46. The molecule has 158 valence electrons. The van der Waals surface area contributed by atoms with Gasteiger partial charge in [-0.15, -0.1) is 10.2 Å². The molecular weight excluding hydrogens is 420 g/mol. The molecule has 1 aliphatic rings. The fourth-order valence-electron chi connectivity index (χ4n) is 3.82. The molecule has 0 bridgehead atoms. The van der Waals surface area contributed by atoms with E-state index < -0.39 is 0 Å². The van der Waals surface area contributed by atoms with Crippen LogP contribution in [0.5, 0.6) is 0 Å². The zero-order valence-electron chi connectivity index (χ0n) is 17.1. The van der Waals surface area contributed by atoms with Crippen LogP contribution in [0.3, 0.4) is 0 Å². The first kappa shape index (κ1) is 20.9. The van der Waals surface area contributed by atoms with Gasteiger partial charge in [-0.2, -0.15) is 5.10 Å². The molecule has 7 nitrogen and oxygen atoms in total. The smallest absolute Gasteiger partial charge is 0.230 e. The van der Waals surface area contributed by atoms with Gasteiger partial charge in [-0.1, -0.05) is 48.3 Å². The Morgan fingerprint density at radius 2 is 1.97 bits per heavy atom. The predicted octanol–water partition coefficient (Wildman–Crippen LogP) is 4.17. The van der Waals surface area contributed by atoms with E-state index in [-0.39, 0.29) is 5.91 Å². The second kappa shape index (κ2) is 9.22. The molecule has 1 saturated carbocycles. The fraction of sp³-hybridized carbons (Fsp3) is 0.429. The van der Waals surface area contributed by atoms with Crippen molar-refractivity contribution < 1.29 is 4.79 Å². The molecule has 1 N–H and O–H groups in total. The highest BCUT2D eigenvalue weighted by atomic mass is 35.5. The van der Waals surface area contributed by atoms with Gasteiger partial charge < -0.3 is 9.88 Å². The highest BCUT2D eigenvalue weighted by molar-refractivity contribution is 7.99. The van der Waals surface area contributed by atoms with Gasteiger partial charge in [-0.05, 0) is 31.9 Å². The first-order chi connectivity index (χ1) is 14.5. The largest absolute Gasteiger partial charge is 0.353 e. The number of thioether (sulfide) groups is 1. The van der Waals surface area contributed by atoms with E-state index in [1.54, 1.807) is 4.68 Å². The summed E-state index contributed by atoms with van der Waals surface area (Å²) in [6, 6.07) is 7.93. The molecule has 4 rings (SSSR count). The van der Waals surface area contributed by atoms with Crippen molar-refractivity contribution in [2.75, 3.05) is 5.75 Å². The zero-order chi connectivity index (χ0) is 21.1. The number of hydrogen-bond donors (Lipinski definition) is 1. The quantitative estimate of drug-likeness (QED) is 0.553. The first-order valence-electron chi connectivity index (χ1n) is 10.2. The van der Waals surface area contributed by atoms with Gasteiger partial charge in [0.25, 0.3) is 0 Å². The lowest BCUT2D eigenvalue weighted by Crippen LogP contribution is -2.33. The van der Waals surface area contributed by atoms with Crippen molar-refractivity contribution in [3.63, 3.8) is 0 Å². The second-order valence-electron chi connectivity index (χ2n) is 7.46. The molecule has 0 spiro atoms. The average molecular weight is 445 g/mol. The van der Waals surface area contributed by atoms with E-state index in [2.05, 4.69) is 20.6 Å². The predicted molar refractivity (Wildman–Crippen MR) is 119 cm³/mol. The van der Waals surface area contributed by atoms with Crippen molar-refractivity contribution in [2.24, 2.45) is 7.05 Å². The Morgan fingerprint density at radius 3 is 2.67 bits per heavy atom. The minimum atomic E-state index is 0.0577. The van der Waals surface area contributed by atoms with Gasteiger partial charge in [0, 0.05) is 36.4 Å². The van der Waals surface area contributed by atoms with Crippen LogP contribution >= 0.6 is 23.4 Å². The number of carbonyl (C=O) groups is 1. The molecule has 1 amide bonds. The molecule has 0 aliphatic heterocycles. The molecule has 0 radical (unpaired) electrons. The molecule has 1 aromatic carbocycles. The standard InChI is InChI=1S/C21H25ClN6OS/c1-3-28-20(17-12-27(2)26-19(17)14-8-10-15(22)11-9-14)24-25-21(28)30-13-18(29)23-16-6-4-5-7-16/h8-12,16H,3-7,13H2,1-2H3,(H,23,29). The molecule has 1 aliphatic carbocycles. The molecule has 2 aromatic heterocycles. The highest BCUT2D eigenvalue weighted by Crippen LogP contribution is 2.32. The van der Waals surface area contributed by atoms with Crippen molar-refractivity contribution in [2.45, 2.75) is 50.4 Å². The third kappa shape index (κ3) is 4.54. The Labute approximate surface area is 185 Å². The molecule has 0 saturated heterocycles. The SMILES string of the molecule is CCn1c(SCC(=O)NC2CCCC2)nnc1-c1cn(C)nc1-c1ccc(Cl)cc1. The summed E-state index contributed by atoms with van der Waals surface area (Å²) in [4.78, 5) is 12.3. The van der Waals surface area contributed by atoms with E-state index in [1.807, 2.05) is 49.0 Å². The number of nitrogens with one attached hydrogen (secondary N) is 1. The van der Waals surface area contributed by atoms with Crippen LogP contribution in [0.2, 0.25) is 5.02 Å². The number of rotatable bonds is 7. The minimum Gasteiger partial charge on any atom is -0.353 e. The minimum absolute atomic E-state index is 0.0577. The van der Waals surface area contributed by atoms with E-state index in [0.29, 0.717) is 23.4 Å². The van der Waals surface area contributed by atoms with Gasteiger partial charge in [0.2, 0.25) is 5.91 Å². The second-order valence-corrected chi connectivity index (χ2v) is 8.84. The van der Waals surface area contributed by atoms with Crippen LogP contribution in [-0.2, 0) is 18.4 Å². The Bertz CT molecular complexity index is 1020. The van der Waals surface area contributed by atoms with Gasteiger partial charge >= 0.3 is 0 Å². The number of halogens is 1. The number of nitrogens with zero attached hydrogens (tertiary/aromatic N) is 5. The van der Waals surface area contributed by atoms with E-state index in [9.17, 15) is 4.79 Å². The van der Waals surface area contributed by atoms with Crippen molar-refractivity contribution in [1.82, 2.24) is 29.9 Å². The molecule has 1 fully saturated rings. The maximum atomic E-state index is 12.3. The summed E-state index contributed by atoms with van der Waals surface area (Å²) in [5.41, 5.74) is 2.69. The van der Waals surface area contributed by atoms with Crippen LogP contribution in [0, 0.1) is 0 Å². The Morgan fingerprint density at radius 1 is 1.23 bits per heavy atom. The Kier molecular flexibility index (Phi) is 6.43. The van der Waals surface area contributed by atoms with Crippen LogP contribution in [0.4, 0.5) is 0 Å². The third-order valence-corrected chi connectivity index (χ3v) is 6.49. The van der Waals surface area contributed by atoms with Crippen LogP contribution < -0.4 is 5.32 Å². The van der Waals surface area contributed by atoms with Crippen LogP contribution in [0.1, 0.15) is 32.6 Å². The van der Waals surface area contributed by atoms with Gasteiger partial charge in [0.15, 0.2) is 11.0 Å². The summed E-state index contributed by atoms with van der Waals surface area (Å²) in [6.07, 6.45) is 6.51. The van der Waals surface area contributed by atoms with Gasteiger partial charge in [0.1, 0.15) is 5.69 Å². The molecular formula is C21H25ClN6OS. The number of amides is 1. The lowest BCUT2D eigenvalue weighted by atomic mass is 10.1. The average Bonchev–Trinajstić information content (AvgIpc) is 3.46. The summed E-state index contributed by atoms with van der Waals surface area (Å²) in [7, 11) is 1.89. The number of aryl methyl sites for hydroxylation is 1. The monoisotopic (exact) mass is 444 g/mol. The lowest BCUT2D eigenvalue weighted by molar-refractivity contribution is -0.119. The van der Waals surface area contributed by atoms with Gasteiger partial charge in [0.05, 0.1) is 11.3 Å². The fourth-order valence-corrected chi connectivity index (χ4v) is 4.76. The zero-order valence-corrected chi connectivity index (χ0v) is 18.7. The van der Waals surface area contributed by atoms with Gasteiger partial charge in [-0.25, -0.2) is 0 Å². The number of aromatic nitrogens is 5. The summed E-state index contributed by atoms with van der Waals surface area (Å²) in [6.45, 7) is 2.75. The number of hydrogen-bond acceptors (Lipinski definition) is 5. The third-order valence-electron chi connectivity index (χ3n) is 5.27. The maximum Gasteiger partial charge on any atom is 0.230 e. The molecule has 0 atom stereocenters. The van der Waals surface area contributed by atoms with Crippen molar-refractivity contribution in [1.29, 1.82) is 0 Å². The first-order valence-corrected chi connectivity index (χ1v) is 11.6. The summed E-state index contributed by atoms with van der Waals surface area (Å²) < 4.78 is 3.81. The molecule has 3 aromatic rings. The lowest BCUT2D eigenvalue weighted by Gasteiger charge is -2.11.